The van der Waals surface area contributed by atoms with Crippen molar-refractivity contribution in [1.82, 2.24) is 15.1 Å². The van der Waals surface area contributed by atoms with Gasteiger partial charge in [-0.05, 0) is 50.3 Å². The lowest BCUT2D eigenvalue weighted by Gasteiger charge is -2.11. The second-order valence-corrected chi connectivity index (χ2v) is 6.99. The number of carboxylic acid groups (broad SMARTS) is 1. The van der Waals surface area contributed by atoms with E-state index >= 15 is 0 Å². The number of hydrogen-bond acceptors (Lipinski definition) is 5. The predicted octanol–water partition coefficient (Wildman–Crippen LogP) is 2.49. The summed E-state index contributed by atoms with van der Waals surface area (Å²) in [5.74, 6) is -1.24. The minimum Gasteiger partial charge on any atom is -0.477 e. The van der Waals surface area contributed by atoms with Crippen molar-refractivity contribution in [2.24, 2.45) is 5.73 Å². The molecule has 1 fully saturated rings. The van der Waals surface area contributed by atoms with Crippen molar-refractivity contribution < 1.29 is 14.7 Å². The Labute approximate surface area is 164 Å². The molecule has 0 bridgehead atoms. The SMILES string of the molecule is CCC(N)CC.Cc1ccc(C(=O)NC2CC2)cc1-n1ncc(C(=O)O)c1N. The summed E-state index contributed by atoms with van der Waals surface area (Å²) in [5, 5.41) is 16.0. The van der Waals surface area contributed by atoms with Crippen LogP contribution in [0.5, 0.6) is 0 Å². The standard InChI is InChI=1S/C15H16N4O3.C5H13N/c1-8-2-3-9(14(20)18-10-4-5-10)6-12(8)19-13(16)11(7-17-19)15(21)22;1-3-5(6)4-2/h2-3,6-7,10H,4-5,16H2,1H3,(H,18,20)(H,21,22);5H,3-4,6H2,1-2H3. The number of hydrogen-bond donors (Lipinski definition) is 4. The van der Waals surface area contributed by atoms with E-state index < -0.39 is 5.97 Å². The summed E-state index contributed by atoms with van der Waals surface area (Å²) >= 11 is 0. The molecule has 0 spiro atoms. The second kappa shape index (κ2) is 9.36. The number of nitrogens with two attached hydrogens (primary N) is 2. The molecule has 1 heterocycles. The van der Waals surface area contributed by atoms with E-state index in [-0.39, 0.29) is 23.3 Å². The lowest BCUT2D eigenvalue weighted by Crippen LogP contribution is -2.25. The molecule has 8 heteroatoms. The molecule has 1 aliphatic rings. The van der Waals surface area contributed by atoms with E-state index in [0.29, 0.717) is 17.3 Å². The minimum absolute atomic E-state index is 0.0374. The number of anilines is 1. The van der Waals surface area contributed by atoms with Gasteiger partial charge in [-0.3, -0.25) is 4.79 Å². The number of aryl methyl sites for hydroxylation is 1. The van der Waals surface area contributed by atoms with Gasteiger partial charge in [0.25, 0.3) is 5.91 Å². The number of nitrogens with one attached hydrogen (secondary N) is 1. The zero-order chi connectivity index (χ0) is 20.8. The molecule has 0 aliphatic heterocycles. The molecule has 1 aromatic carbocycles. The number of amides is 1. The molecular formula is C20H29N5O3. The van der Waals surface area contributed by atoms with E-state index in [1.807, 2.05) is 6.92 Å². The number of carbonyl (C=O) groups excluding carboxylic acids is 1. The first kappa shape index (κ1) is 21.4. The van der Waals surface area contributed by atoms with Gasteiger partial charge in [0.2, 0.25) is 0 Å². The maximum absolute atomic E-state index is 12.1. The highest BCUT2D eigenvalue weighted by atomic mass is 16.4. The average molecular weight is 387 g/mol. The number of aromatic nitrogens is 2. The Bertz CT molecular complexity index is 838. The maximum Gasteiger partial charge on any atom is 0.341 e. The van der Waals surface area contributed by atoms with Crippen LogP contribution in [0.3, 0.4) is 0 Å². The number of carboxylic acids is 1. The molecule has 3 rings (SSSR count). The van der Waals surface area contributed by atoms with Crippen molar-refractivity contribution in [1.29, 1.82) is 0 Å². The fourth-order valence-corrected chi connectivity index (χ4v) is 2.48. The normalized spacial score (nSPS) is 13.0. The number of nitrogen functional groups attached to an aromatic ring is 1. The summed E-state index contributed by atoms with van der Waals surface area (Å²) in [6, 6.07) is 5.89. The van der Waals surface area contributed by atoms with Crippen molar-refractivity contribution in [2.75, 3.05) is 5.73 Å². The first-order valence-corrected chi connectivity index (χ1v) is 9.52. The molecule has 1 aromatic heterocycles. The van der Waals surface area contributed by atoms with Crippen molar-refractivity contribution in [3.05, 3.63) is 41.1 Å². The van der Waals surface area contributed by atoms with Gasteiger partial charge in [-0.15, -0.1) is 0 Å². The zero-order valence-corrected chi connectivity index (χ0v) is 16.6. The Morgan fingerprint density at radius 3 is 2.43 bits per heavy atom. The van der Waals surface area contributed by atoms with E-state index in [0.717, 1.165) is 31.2 Å². The van der Waals surface area contributed by atoms with Crippen molar-refractivity contribution in [3.63, 3.8) is 0 Å². The van der Waals surface area contributed by atoms with Crippen LogP contribution in [0.2, 0.25) is 0 Å². The summed E-state index contributed by atoms with van der Waals surface area (Å²) in [6.07, 6.45) is 5.44. The Morgan fingerprint density at radius 1 is 1.32 bits per heavy atom. The number of aromatic carboxylic acids is 1. The molecule has 28 heavy (non-hydrogen) atoms. The molecule has 1 amide bonds. The predicted molar refractivity (Wildman–Crippen MR) is 109 cm³/mol. The van der Waals surface area contributed by atoms with Crippen molar-refractivity contribution >= 4 is 17.7 Å². The highest BCUT2D eigenvalue weighted by Gasteiger charge is 2.24. The molecule has 0 radical (unpaired) electrons. The summed E-state index contributed by atoms with van der Waals surface area (Å²) in [6.45, 7) is 6.06. The molecule has 152 valence electrons. The minimum atomic E-state index is -1.14. The van der Waals surface area contributed by atoms with E-state index in [4.69, 9.17) is 16.6 Å². The molecule has 0 unspecified atom stereocenters. The number of benzene rings is 1. The van der Waals surface area contributed by atoms with Crippen molar-refractivity contribution in [2.45, 2.75) is 58.5 Å². The smallest absolute Gasteiger partial charge is 0.341 e. The first-order valence-electron chi connectivity index (χ1n) is 9.52. The molecule has 6 N–H and O–H groups in total. The van der Waals surface area contributed by atoms with Gasteiger partial charge in [-0.2, -0.15) is 5.10 Å². The number of rotatable bonds is 6. The topological polar surface area (TPSA) is 136 Å². The molecule has 2 aromatic rings. The molecule has 8 nitrogen and oxygen atoms in total. The average Bonchev–Trinajstić information content (AvgIpc) is 3.41. The van der Waals surface area contributed by atoms with Crippen molar-refractivity contribution in [3.8, 4) is 5.69 Å². The summed E-state index contributed by atoms with van der Waals surface area (Å²) in [4.78, 5) is 23.2. The summed E-state index contributed by atoms with van der Waals surface area (Å²) in [5.41, 5.74) is 13.2. The number of nitrogens with zero attached hydrogens (tertiary/aromatic N) is 2. The van der Waals surface area contributed by atoms with Gasteiger partial charge >= 0.3 is 5.97 Å². The molecule has 1 aliphatic carbocycles. The molecule has 0 saturated heterocycles. The van der Waals surface area contributed by atoms with Gasteiger partial charge in [0.05, 0.1) is 11.9 Å². The Hall–Kier alpha value is -2.87. The third-order valence-corrected chi connectivity index (χ3v) is 4.70. The van der Waals surface area contributed by atoms with Crippen LogP contribution in [0, 0.1) is 6.92 Å². The van der Waals surface area contributed by atoms with E-state index in [1.165, 1.54) is 10.9 Å². The Balaban J connectivity index is 0.000000409. The lowest BCUT2D eigenvalue weighted by molar-refractivity contribution is 0.0697. The number of carbonyl (C=O) groups is 2. The third-order valence-electron chi connectivity index (χ3n) is 4.70. The van der Waals surface area contributed by atoms with E-state index in [1.54, 1.807) is 18.2 Å². The molecular weight excluding hydrogens is 358 g/mol. The molecule has 0 atom stereocenters. The quantitative estimate of drug-likeness (QED) is 0.601. The van der Waals surface area contributed by atoms with Crippen LogP contribution in [-0.2, 0) is 0 Å². The van der Waals surface area contributed by atoms with Crippen LogP contribution in [0.15, 0.2) is 24.4 Å². The monoisotopic (exact) mass is 387 g/mol. The van der Waals surface area contributed by atoms with Gasteiger partial charge < -0.3 is 21.9 Å². The Kier molecular flexibility index (Phi) is 7.17. The first-order chi connectivity index (χ1) is 13.3. The Morgan fingerprint density at radius 2 is 1.96 bits per heavy atom. The fraction of sp³-hybridized carbons (Fsp3) is 0.450. The highest BCUT2D eigenvalue weighted by Crippen LogP contribution is 2.23. The van der Waals surface area contributed by atoms with Crippen LogP contribution in [-0.4, -0.2) is 38.8 Å². The van der Waals surface area contributed by atoms with Gasteiger partial charge in [0, 0.05) is 17.6 Å². The largest absolute Gasteiger partial charge is 0.477 e. The highest BCUT2D eigenvalue weighted by molar-refractivity contribution is 5.95. The fourth-order valence-electron chi connectivity index (χ4n) is 2.48. The summed E-state index contributed by atoms with van der Waals surface area (Å²) in [7, 11) is 0. The molecule has 1 saturated carbocycles. The van der Waals surface area contributed by atoms with Gasteiger partial charge in [-0.1, -0.05) is 19.9 Å². The van der Waals surface area contributed by atoms with Crippen LogP contribution in [0.1, 0.15) is 65.8 Å². The van der Waals surface area contributed by atoms with Crippen LogP contribution in [0.4, 0.5) is 5.82 Å². The van der Waals surface area contributed by atoms with E-state index in [2.05, 4.69) is 24.3 Å². The lowest BCUT2D eigenvalue weighted by atomic mass is 10.1. The van der Waals surface area contributed by atoms with E-state index in [9.17, 15) is 9.59 Å². The van der Waals surface area contributed by atoms with Crippen LogP contribution in [0.25, 0.3) is 5.69 Å². The summed E-state index contributed by atoms with van der Waals surface area (Å²) < 4.78 is 1.34. The second-order valence-electron chi connectivity index (χ2n) is 6.99. The van der Waals surface area contributed by atoms with Gasteiger partial charge in [0.15, 0.2) is 0 Å². The zero-order valence-electron chi connectivity index (χ0n) is 16.6. The third kappa shape index (κ3) is 5.32. The van der Waals surface area contributed by atoms with Crippen LogP contribution >= 0.6 is 0 Å². The van der Waals surface area contributed by atoms with Gasteiger partial charge in [0.1, 0.15) is 11.4 Å². The maximum atomic E-state index is 12.1. The van der Waals surface area contributed by atoms with Gasteiger partial charge in [-0.25, -0.2) is 9.48 Å². The van der Waals surface area contributed by atoms with Crippen LogP contribution < -0.4 is 16.8 Å².